The quantitative estimate of drug-likeness (QED) is 0.533. The third-order valence-electron chi connectivity index (χ3n) is 7.11. The molecule has 1 saturated carbocycles. The minimum atomic E-state index is -0.312. The summed E-state index contributed by atoms with van der Waals surface area (Å²) in [7, 11) is 0. The number of fused-ring (bicyclic) bond motifs is 3. The normalized spacial score (nSPS) is 23.7. The monoisotopic (exact) mass is 386 g/mol. The fourth-order valence-electron chi connectivity index (χ4n) is 5.28. The molecule has 0 unspecified atom stereocenters. The van der Waals surface area contributed by atoms with Crippen LogP contribution in [0.25, 0.3) is 0 Å². The van der Waals surface area contributed by atoms with Crippen LogP contribution in [0.3, 0.4) is 0 Å². The number of aromatic hydroxyl groups is 1. The van der Waals surface area contributed by atoms with E-state index in [9.17, 15) is 9.90 Å². The van der Waals surface area contributed by atoms with Gasteiger partial charge in [-0.3, -0.25) is 4.79 Å². The van der Waals surface area contributed by atoms with E-state index in [-0.39, 0.29) is 22.9 Å². The second-order valence-corrected chi connectivity index (χ2v) is 10.2. The Bertz CT molecular complexity index is 717. The zero-order chi connectivity index (χ0) is 20.5. The number of phenolic OH excluding ortho intramolecular Hbond substituents is 1. The molecular formula is C25H38O3. The zero-order valence-corrected chi connectivity index (χ0v) is 18.4. The molecule has 1 fully saturated rings. The Morgan fingerprint density at radius 3 is 2.61 bits per heavy atom. The molecule has 1 aliphatic carbocycles. The van der Waals surface area contributed by atoms with E-state index in [1.165, 1.54) is 32.1 Å². The number of Topliss-reactive ketones (excluding diaryl/α,β-unsaturated/α-hetero) is 1. The Morgan fingerprint density at radius 2 is 1.89 bits per heavy atom. The smallest absolute Gasteiger partial charge is 0.133 e. The summed E-state index contributed by atoms with van der Waals surface area (Å²) in [6.07, 6.45) is 9.45. The van der Waals surface area contributed by atoms with Gasteiger partial charge >= 0.3 is 0 Å². The van der Waals surface area contributed by atoms with Crippen LogP contribution in [0.1, 0.15) is 109 Å². The van der Waals surface area contributed by atoms with E-state index in [1.54, 1.807) is 0 Å². The van der Waals surface area contributed by atoms with E-state index < -0.39 is 0 Å². The van der Waals surface area contributed by atoms with E-state index in [0.29, 0.717) is 24.4 Å². The van der Waals surface area contributed by atoms with Gasteiger partial charge in [-0.05, 0) is 49.8 Å². The Hall–Kier alpha value is -1.51. The number of ether oxygens (including phenoxy) is 1. The largest absolute Gasteiger partial charge is 0.508 e. The Kier molecular flexibility index (Phi) is 6.12. The fourth-order valence-corrected chi connectivity index (χ4v) is 5.28. The highest BCUT2D eigenvalue weighted by atomic mass is 16.5. The maximum atomic E-state index is 12.1. The van der Waals surface area contributed by atoms with Gasteiger partial charge in [0.05, 0.1) is 0 Å². The number of carbonyl (C=O) groups excluding carboxylic acids is 1. The van der Waals surface area contributed by atoms with Crippen LogP contribution in [0.15, 0.2) is 12.1 Å². The van der Waals surface area contributed by atoms with Gasteiger partial charge in [0.1, 0.15) is 22.9 Å². The molecule has 0 aromatic heterocycles. The Labute approximate surface area is 170 Å². The van der Waals surface area contributed by atoms with E-state index in [4.69, 9.17) is 4.74 Å². The summed E-state index contributed by atoms with van der Waals surface area (Å²) in [5.74, 6) is 1.76. The Morgan fingerprint density at radius 1 is 1.18 bits per heavy atom. The molecule has 0 spiro atoms. The van der Waals surface area contributed by atoms with Crippen LogP contribution in [-0.2, 0) is 10.2 Å². The molecule has 156 valence electrons. The third kappa shape index (κ3) is 4.23. The van der Waals surface area contributed by atoms with Crippen molar-refractivity contribution in [3.05, 3.63) is 23.3 Å². The topological polar surface area (TPSA) is 46.5 Å². The molecule has 0 amide bonds. The van der Waals surface area contributed by atoms with Gasteiger partial charge in [-0.1, -0.05) is 52.9 Å². The van der Waals surface area contributed by atoms with Crippen LogP contribution in [-0.4, -0.2) is 16.5 Å². The number of benzene rings is 1. The first-order chi connectivity index (χ1) is 13.2. The van der Waals surface area contributed by atoms with E-state index >= 15 is 0 Å². The summed E-state index contributed by atoms with van der Waals surface area (Å²) in [5.41, 5.74) is 1.68. The van der Waals surface area contributed by atoms with Crippen molar-refractivity contribution < 1.29 is 14.6 Å². The maximum Gasteiger partial charge on any atom is 0.133 e. The van der Waals surface area contributed by atoms with E-state index in [2.05, 4.69) is 40.7 Å². The summed E-state index contributed by atoms with van der Waals surface area (Å²) in [4.78, 5) is 12.1. The minimum Gasteiger partial charge on any atom is -0.508 e. The van der Waals surface area contributed by atoms with E-state index in [0.717, 1.165) is 29.7 Å². The molecule has 3 rings (SSSR count). The lowest BCUT2D eigenvalue weighted by atomic mass is 9.66. The van der Waals surface area contributed by atoms with Crippen LogP contribution < -0.4 is 4.74 Å². The van der Waals surface area contributed by atoms with Crippen molar-refractivity contribution in [1.29, 1.82) is 0 Å². The van der Waals surface area contributed by atoms with Gasteiger partial charge in [0.25, 0.3) is 0 Å². The van der Waals surface area contributed by atoms with Crippen molar-refractivity contribution in [3.8, 4) is 11.5 Å². The van der Waals surface area contributed by atoms with Gasteiger partial charge in [-0.25, -0.2) is 0 Å². The molecule has 0 radical (unpaired) electrons. The molecule has 1 heterocycles. The first-order valence-corrected chi connectivity index (χ1v) is 11.2. The van der Waals surface area contributed by atoms with Gasteiger partial charge in [-0.15, -0.1) is 0 Å². The van der Waals surface area contributed by atoms with E-state index in [1.807, 2.05) is 6.07 Å². The van der Waals surface area contributed by atoms with Gasteiger partial charge in [0.2, 0.25) is 0 Å². The second-order valence-electron chi connectivity index (χ2n) is 10.2. The number of phenols is 1. The highest BCUT2D eigenvalue weighted by Gasteiger charge is 2.47. The van der Waals surface area contributed by atoms with Crippen molar-refractivity contribution in [1.82, 2.24) is 0 Å². The first-order valence-electron chi connectivity index (χ1n) is 11.2. The summed E-state index contributed by atoms with van der Waals surface area (Å²) < 4.78 is 6.43. The molecule has 2 aliphatic rings. The van der Waals surface area contributed by atoms with Gasteiger partial charge in [-0.2, -0.15) is 0 Å². The van der Waals surface area contributed by atoms with Gasteiger partial charge in [0, 0.05) is 30.2 Å². The number of unbranched alkanes of at least 4 members (excludes halogenated alkanes) is 4. The second kappa shape index (κ2) is 8.08. The van der Waals surface area contributed by atoms with Crippen LogP contribution >= 0.6 is 0 Å². The molecule has 1 aliphatic heterocycles. The van der Waals surface area contributed by atoms with Crippen molar-refractivity contribution in [2.24, 2.45) is 5.92 Å². The molecule has 0 saturated heterocycles. The number of rotatable bonds is 7. The molecule has 1 N–H and O–H groups in total. The van der Waals surface area contributed by atoms with Gasteiger partial charge in [0.15, 0.2) is 0 Å². The molecule has 3 heteroatoms. The molecule has 28 heavy (non-hydrogen) atoms. The third-order valence-corrected chi connectivity index (χ3v) is 7.11. The predicted octanol–water partition coefficient (Wildman–Crippen LogP) is 6.65. The highest BCUT2D eigenvalue weighted by molar-refractivity contribution is 5.81. The van der Waals surface area contributed by atoms with Crippen molar-refractivity contribution in [3.63, 3.8) is 0 Å². The molecule has 2 atom stereocenters. The average molecular weight is 387 g/mol. The molecule has 1 aromatic rings. The lowest BCUT2D eigenvalue weighted by Gasteiger charge is -2.47. The maximum absolute atomic E-state index is 12.1. The van der Waals surface area contributed by atoms with Crippen LogP contribution in [0, 0.1) is 5.92 Å². The lowest BCUT2D eigenvalue weighted by molar-refractivity contribution is -0.124. The summed E-state index contributed by atoms with van der Waals surface area (Å²) >= 11 is 0. The SMILES string of the molecule is CCCCCCCC(C)(C)c1cc(O)c2c(c1)OC(C)(C)[C@@H]1CCC(=O)C[C@@H]21. The minimum absolute atomic E-state index is 0.00847. The summed E-state index contributed by atoms with van der Waals surface area (Å²) in [6.45, 7) is 11.0. The molecule has 0 bridgehead atoms. The van der Waals surface area contributed by atoms with Crippen LogP contribution in [0.4, 0.5) is 0 Å². The van der Waals surface area contributed by atoms with Crippen LogP contribution in [0.2, 0.25) is 0 Å². The number of hydrogen-bond acceptors (Lipinski definition) is 3. The average Bonchev–Trinajstić information content (AvgIpc) is 2.60. The number of ketones is 1. The summed E-state index contributed by atoms with van der Waals surface area (Å²) in [6, 6.07) is 4.07. The number of hydrogen-bond donors (Lipinski definition) is 1. The zero-order valence-electron chi connectivity index (χ0n) is 18.4. The predicted molar refractivity (Wildman–Crippen MR) is 114 cm³/mol. The molecule has 3 nitrogen and oxygen atoms in total. The van der Waals surface area contributed by atoms with Crippen LogP contribution in [0.5, 0.6) is 11.5 Å². The molecule has 1 aromatic carbocycles. The molecular weight excluding hydrogens is 348 g/mol. The fraction of sp³-hybridized carbons (Fsp3) is 0.720. The highest BCUT2D eigenvalue weighted by Crippen LogP contribution is 2.54. The Balaban J connectivity index is 1.86. The lowest BCUT2D eigenvalue weighted by Crippen LogP contribution is -2.47. The van der Waals surface area contributed by atoms with Crippen molar-refractivity contribution in [2.75, 3.05) is 0 Å². The first kappa shape index (κ1) is 21.2. The number of carbonyl (C=O) groups is 1. The summed E-state index contributed by atoms with van der Waals surface area (Å²) in [5, 5.41) is 10.9. The standard InChI is InChI=1S/C25H38O3/c1-6-7-8-9-10-13-24(2,3)17-14-21(27)23-19-16-18(26)11-12-20(19)25(4,5)28-22(23)15-17/h14-15,19-20,27H,6-13,16H2,1-5H3/t19-,20-/m1/s1. The van der Waals surface area contributed by atoms with Crippen molar-refractivity contribution in [2.45, 2.75) is 109 Å². The van der Waals surface area contributed by atoms with Gasteiger partial charge < -0.3 is 9.84 Å². The van der Waals surface area contributed by atoms with Crippen molar-refractivity contribution >= 4 is 5.78 Å².